The molecule has 1 amide bonds. The minimum absolute atomic E-state index is 0.185. The van der Waals surface area contributed by atoms with Crippen molar-refractivity contribution in [3.8, 4) is 5.69 Å². The lowest BCUT2D eigenvalue weighted by Gasteiger charge is -2.06. The summed E-state index contributed by atoms with van der Waals surface area (Å²) in [6, 6.07) is 6.22. The number of para-hydroxylation sites is 1. The maximum atomic E-state index is 13.9. The molecule has 1 aromatic carbocycles. The Kier molecular flexibility index (Phi) is 5.13. The third-order valence-electron chi connectivity index (χ3n) is 3.59. The van der Waals surface area contributed by atoms with E-state index in [1.54, 1.807) is 43.1 Å². The molecular weight excluding hydrogens is 343 g/mol. The highest BCUT2D eigenvalue weighted by molar-refractivity contribution is 7.99. The molecule has 3 rings (SSSR count). The summed E-state index contributed by atoms with van der Waals surface area (Å²) in [5.41, 5.74) is 0.932. The molecule has 2 heterocycles. The first-order valence-corrected chi connectivity index (χ1v) is 8.62. The average molecular weight is 360 g/mol. The molecule has 0 radical (unpaired) electrons. The van der Waals surface area contributed by atoms with Crippen molar-refractivity contribution in [1.82, 2.24) is 29.9 Å². The molecule has 0 atom stereocenters. The largest absolute Gasteiger partial charge is 0.350 e. The molecule has 0 saturated heterocycles. The maximum Gasteiger partial charge on any atom is 0.273 e. The van der Waals surface area contributed by atoms with Gasteiger partial charge in [0.25, 0.3) is 5.91 Å². The predicted molar refractivity (Wildman–Crippen MR) is 92.3 cm³/mol. The predicted octanol–water partition coefficient (Wildman–Crippen LogP) is 1.97. The normalized spacial score (nSPS) is 10.8. The molecule has 0 spiro atoms. The van der Waals surface area contributed by atoms with Crippen LogP contribution in [0.5, 0.6) is 0 Å². The fourth-order valence-corrected chi connectivity index (χ4v) is 3.06. The topological polar surface area (TPSA) is 77.6 Å². The van der Waals surface area contributed by atoms with Crippen molar-refractivity contribution in [3.63, 3.8) is 0 Å². The molecule has 0 saturated carbocycles. The molecule has 0 bridgehead atoms. The van der Waals surface area contributed by atoms with Crippen LogP contribution in [0.2, 0.25) is 0 Å². The monoisotopic (exact) mass is 360 g/mol. The molecule has 7 nitrogen and oxygen atoms in total. The van der Waals surface area contributed by atoms with Gasteiger partial charge < -0.3 is 9.88 Å². The van der Waals surface area contributed by atoms with Gasteiger partial charge in [0, 0.05) is 31.7 Å². The Bertz CT molecular complexity index is 890. The van der Waals surface area contributed by atoms with E-state index in [1.807, 2.05) is 17.8 Å². The number of aromatic nitrogens is 5. The highest BCUT2D eigenvalue weighted by atomic mass is 32.2. The summed E-state index contributed by atoms with van der Waals surface area (Å²) in [7, 11) is 1.91. The summed E-state index contributed by atoms with van der Waals surface area (Å²) >= 11 is 1.55. The lowest BCUT2D eigenvalue weighted by atomic mass is 10.2. The number of rotatable bonds is 6. The first kappa shape index (κ1) is 17.2. The number of hydrogen-bond acceptors (Lipinski definition) is 5. The number of carbonyl (C=O) groups excluding carboxylic acids is 1. The Morgan fingerprint density at radius 1 is 1.36 bits per heavy atom. The van der Waals surface area contributed by atoms with Gasteiger partial charge in [0.05, 0.1) is 5.69 Å². The van der Waals surface area contributed by atoms with Gasteiger partial charge in [-0.15, -0.1) is 5.10 Å². The van der Waals surface area contributed by atoms with Crippen molar-refractivity contribution in [2.75, 3.05) is 12.3 Å². The number of carbonyl (C=O) groups is 1. The highest BCUT2D eigenvalue weighted by Crippen LogP contribution is 2.16. The van der Waals surface area contributed by atoms with Crippen molar-refractivity contribution in [1.29, 1.82) is 0 Å². The molecule has 9 heteroatoms. The van der Waals surface area contributed by atoms with Crippen molar-refractivity contribution in [3.05, 3.63) is 53.9 Å². The molecule has 0 fully saturated rings. The number of halogens is 1. The molecule has 0 aliphatic rings. The zero-order valence-electron chi connectivity index (χ0n) is 13.8. The molecule has 3 aromatic rings. The van der Waals surface area contributed by atoms with Gasteiger partial charge in [0.15, 0.2) is 10.9 Å². The number of imidazole rings is 1. The number of nitrogens with one attached hydrogen (secondary N) is 1. The highest BCUT2D eigenvalue weighted by Gasteiger charge is 2.18. The summed E-state index contributed by atoms with van der Waals surface area (Å²) < 4.78 is 17.1. The summed E-state index contributed by atoms with van der Waals surface area (Å²) in [4.78, 5) is 16.5. The van der Waals surface area contributed by atoms with Crippen molar-refractivity contribution in [2.45, 2.75) is 12.1 Å². The summed E-state index contributed by atoms with van der Waals surface area (Å²) in [5.74, 6) is -0.0775. The first-order valence-electron chi connectivity index (χ1n) is 7.63. The van der Waals surface area contributed by atoms with Crippen molar-refractivity contribution in [2.24, 2.45) is 7.05 Å². The van der Waals surface area contributed by atoms with E-state index in [9.17, 15) is 9.18 Å². The Morgan fingerprint density at radius 2 is 2.16 bits per heavy atom. The van der Waals surface area contributed by atoms with E-state index in [-0.39, 0.29) is 17.3 Å². The second-order valence-corrected chi connectivity index (χ2v) is 6.37. The second-order valence-electron chi connectivity index (χ2n) is 5.31. The molecule has 0 unspecified atom stereocenters. The minimum atomic E-state index is -0.422. The summed E-state index contributed by atoms with van der Waals surface area (Å²) in [5, 5.41) is 11.5. The van der Waals surface area contributed by atoms with E-state index in [0.29, 0.717) is 18.0 Å². The van der Waals surface area contributed by atoms with E-state index in [2.05, 4.69) is 20.6 Å². The number of thioether (sulfide) groups is 1. The Labute approximate surface area is 148 Å². The second kappa shape index (κ2) is 7.47. The van der Waals surface area contributed by atoms with Gasteiger partial charge in [-0.25, -0.2) is 14.1 Å². The van der Waals surface area contributed by atoms with Gasteiger partial charge >= 0.3 is 0 Å². The number of hydrogen-bond donors (Lipinski definition) is 1. The molecule has 2 aromatic heterocycles. The van der Waals surface area contributed by atoms with Gasteiger partial charge in [0.2, 0.25) is 0 Å². The van der Waals surface area contributed by atoms with Crippen LogP contribution in [0.15, 0.2) is 41.8 Å². The molecule has 25 heavy (non-hydrogen) atoms. The fraction of sp³-hybridized carbons (Fsp3) is 0.250. The molecule has 0 aliphatic heterocycles. The van der Waals surface area contributed by atoms with Gasteiger partial charge in [-0.1, -0.05) is 29.1 Å². The number of amides is 1. The fourth-order valence-electron chi connectivity index (χ4n) is 2.27. The summed E-state index contributed by atoms with van der Waals surface area (Å²) in [6.45, 7) is 2.15. The first-order chi connectivity index (χ1) is 12.1. The van der Waals surface area contributed by atoms with Crippen LogP contribution in [0.4, 0.5) is 4.39 Å². The van der Waals surface area contributed by atoms with Crippen LogP contribution in [-0.2, 0) is 7.05 Å². The van der Waals surface area contributed by atoms with E-state index >= 15 is 0 Å². The quantitative estimate of drug-likeness (QED) is 0.537. The Morgan fingerprint density at radius 3 is 2.88 bits per heavy atom. The average Bonchev–Trinajstić information content (AvgIpc) is 3.18. The molecular formula is C16H17FN6OS. The maximum absolute atomic E-state index is 13.9. The Balaban J connectivity index is 1.61. The zero-order chi connectivity index (χ0) is 17.8. The van der Waals surface area contributed by atoms with E-state index in [0.717, 1.165) is 5.16 Å². The third-order valence-corrected chi connectivity index (χ3v) is 4.65. The Hall–Kier alpha value is -2.68. The van der Waals surface area contributed by atoms with Crippen LogP contribution in [0.1, 0.15) is 16.2 Å². The van der Waals surface area contributed by atoms with Crippen LogP contribution < -0.4 is 5.32 Å². The van der Waals surface area contributed by atoms with Crippen LogP contribution in [-0.4, -0.2) is 42.7 Å². The third kappa shape index (κ3) is 3.71. The number of benzene rings is 1. The summed E-state index contributed by atoms with van der Waals surface area (Å²) in [6.07, 6.45) is 3.59. The smallest absolute Gasteiger partial charge is 0.273 e. The molecule has 1 N–H and O–H groups in total. The van der Waals surface area contributed by atoms with Crippen LogP contribution in [0.25, 0.3) is 5.69 Å². The minimum Gasteiger partial charge on any atom is -0.350 e. The number of aryl methyl sites for hydroxylation is 1. The van der Waals surface area contributed by atoms with Crippen LogP contribution >= 0.6 is 11.8 Å². The zero-order valence-corrected chi connectivity index (χ0v) is 14.6. The van der Waals surface area contributed by atoms with Crippen LogP contribution in [0.3, 0.4) is 0 Å². The lowest BCUT2D eigenvalue weighted by Crippen LogP contribution is -2.27. The van der Waals surface area contributed by atoms with Gasteiger partial charge in [-0.05, 0) is 19.1 Å². The van der Waals surface area contributed by atoms with Crippen LogP contribution in [0, 0.1) is 12.7 Å². The SMILES string of the molecule is Cc1c(C(=O)NCCSc2nccn2C)nnn1-c1ccccc1F. The molecule has 130 valence electrons. The van der Waals surface area contributed by atoms with Gasteiger partial charge in [-0.3, -0.25) is 4.79 Å². The van der Waals surface area contributed by atoms with E-state index in [1.165, 1.54) is 10.7 Å². The molecule has 0 aliphatic carbocycles. The van der Waals surface area contributed by atoms with Crippen molar-refractivity contribution < 1.29 is 9.18 Å². The van der Waals surface area contributed by atoms with E-state index < -0.39 is 5.82 Å². The van der Waals surface area contributed by atoms with Gasteiger partial charge in [-0.2, -0.15) is 0 Å². The lowest BCUT2D eigenvalue weighted by molar-refractivity contribution is 0.0950. The van der Waals surface area contributed by atoms with E-state index in [4.69, 9.17) is 0 Å². The van der Waals surface area contributed by atoms with Crippen molar-refractivity contribution >= 4 is 17.7 Å². The standard InChI is InChI=1S/C16H17FN6OS/c1-11-14(20-21-23(11)13-6-4-3-5-12(13)17)15(24)18-8-10-25-16-19-7-9-22(16)2/h3-7,9H,8,10H2,1-2H3,(H,18,24). The van der Waals surface area contributed by atoms with Gasteiger partial charge in [0.1, 0.15) is 11.5 Å². The number of nitrogens with zero attached hydrogens (tertiary/aromatic N) is 5.